The molecule has 1 aliphatic rings. The van der Waals surface area contributed by atoms with Gasteiger partial charge in [-0.05, 0) is 31.0 Å². The number of carboxylic acid groups (broad SMARTS) is 1. The molecule has 1 fully saturated rings. The minimum atomic E-state index is -3.95. The summed E-state index contributed by atoms with van der Waals surface area (Å²) in [6.45, 7) is 1.84. The molecule has 1 aliphatic heterocycles. The van der Waals surface area contributed by atoms with E-state index in [2.05, 4.69) is 5.32 Å². The first-order valence-corrected chi connectivity index (χ1v) is 11.0. The lowest BCUT2D eigenvalue weighted by Crippen LogP contribution is -2.51. The van der Waals surface area contributed by atoms with Gasteiger partial charge in [0.25, 0.3) is 0 Å². The molecule has 0 aromatic heterocycles. The third-order valence-corrected chi connectivity index (χ3v) is 7.00. The molecule has 1 heterocycles. The fourth-order valence-corrected chi connectivity index (χ4v) is 5.16. The van der Waals surface area contributed by atoms with Crippen molar-refractivity contribution in [1.29, 1.82) is 0 Å². The van der Waals surface area contributed by atoms with E-state index in [0.29, 0.717) is 0 Å². The second-order valence-corrected chi connectivity index (χ2v) is 9.38. The second-order valence-electron chi connectivity index (χ2n) is 7.49. The van der Waals surface area contributed by atoms with E-state index in [0.717, 1.165) is 15.4 Å². The number of benzene rings is 2. The fourth-order valence-electron chi connectivity index (χ4n) is 3.50. The zero-order valence-corrected chi connectivity index (χ0v) is 17.4. The zero-order valence-electron chi connectivity index (χ0n) is 16.6. The van der Waals surface area contributed by atoms with Gasteiger partial charge in [0.2, 0.25) is 15.9 Å². The highest BCUT2D eigenvalue weighted by Crippen LogP contribution is 2.26. The molecular formula is C21H25N3O5S. The molecule has 1 amide bonds. The van der Waals surface area contributed by atoms with E-state index >= 15 is 0 Å². The average Bonchev–Trinajstić information content (AvgIpc) is 3.11. The molecule has 8 nitrogen and oxygen atoms in total. The lowest BCUT2D eigenvalue weighted by Gasteiger charge is -2.25. The molecule has 1 saturated heterocycles. The number of hydrogen-bond acceptors (Lipinski definition) is 5. The molecule has 0 radical (unpaired) electrons. The van der Waals surface area contributed by atoms with Crippen molar-refractivity contribution in [3.8, 4) is 0 Å². The van der Waals surface area contributed by atoms with Gasteiger partial charge in [0.05, 0.1) is 4.90 Å². The standard InChI is InChI=1S/C21H25N3O5S/c1-14-7-9-17(10-8-14)30(28,29)24-13-16(22)12-19(24)20(25)23-18(21(26)27)11-15-5-3-2-4-6-15/h2-10,16,18-19H,11-13,22H2,1H3,(H,23,25)(H,26,27)/t16-,18-,19-/m0/s1. The Kier molecular flexibility index (Phi) is 6.55. The van der Waals surface area contributed by atoms with Crippen LogP contribution in [0.15, 0.2) is 59.5 Å². The number of nitrogens with zero attached hydrogens (tertiary/aromatic N) is 1. The van der Waals surface area contributed by atoms with Gasteiger partial charge in [-0.2, -0.15) is 4.31 Å². The van der Waals surface area contributed by atoms with Crippen LogP contribution in [0.5, 0.6) is 0 Å². The molecule has 160 valence electrons. The van der Waals surface area contributed by atoms with Gasteiger partial charge >= 0.3 is 5.97 Å². The molecule has 0 bridgehead atoms. The quantitative estimate of drug-likeness (QED) is 0.597. The van der Waals surface area contributed by atoms with E-state index < -0.39 is 40.0 Å². The average molecular weight is 432 g/mol. The van der Waals surface area contributed by atoms with Crippen molar-refractivity contribution in [3.05, 3.63) is 65.7 Å². The van der Waals surface area contributed by atoms with Gasteiger partial charge in [-0.1, -0.05) is 48.0 Å². The maximum Gasteiger partial charge on any atom is 0.326 e. The number of sulfonamides is 1. The van der Waals surface area contributed by atoms with Crippen molar-refractivity contribution in [1.82, 2.24) is 9.62 Å². The van der Waals surface area contributed by atoms with Crippen LogP contribution in [0.25, 0.3) is 0 Å². The van der Waals surface area contributed by atoms with Crippen molar-refractivity contribution in [2.75, 3.05) is 6.54 Å². The SMILES string of the molecule is Cc1ccc(S(=O)(=O)N2C[C@@H](N)C[C@H]2C(=O)N[C@@H](Cc2ccccc2)C(=O)O)cc1. The van der Waals surface area contributed by atoms with E-state index in [9.17, 15) is 23.1 Å². The Morgan fingerprint density at radius 2 is 1.80 bits per heavy atom. The van der Waals surface area contributed by atoms with Crippen LogP contribution in [0, 0.1) is 6.92 Å². The fraction of sp³-hybridized carbons (Fsp3) is 0.333. The van der Waals surface area contributed by atoms with Crippen LogP contribution in [0.2, 0.25) is 0 Å². The molecular weight excluding hydrogens is 406 g/mol. The predicted octanol–water partition coefficient (Wildman–Crippen LogP) is 0.897. The van der Waals surface area contributed by atoms with Crippen molar-refractivity contribution >= 4 is 21.9 Å². The minimum absolute atomic E-state index is 0.00921. The number of amides is 1. The van der Waals surface area contributed by atoms with Gasteiger partial charge in [0.15, 0.2) is 0 Å². The molecule has 0 spiro atoms. The van der Waals surface area contributed by atoms with Crippen LogP contribution < -0.4 is 11.1 Å². The molecule has 0 aliphatic carbocycles. The Hall–Kier alpha value is -2.75. The lowest BCUT2D eigenvalue weighted by molar-refractivity contribution is -0.142. The topological polar surface area (TPSA) is 130 Å². The number of nitrogens with one attached hydrogen (secondary N) is 1. The third kappa shape index (κ3) is 4.86. The van der Waals surface area contributed by atoms with Gasteiger partial charge in [-0.15, -0.1) is 0 Å². The summed E-state index contributed by atoms with van der Waals surface area (Å²) in [5.41, 5.74) is 7.62. The van der Waals surface area contributed by atoms with Crippen LogP contribution in [-0.4, -0.2) is 54.4 Å². The Bertz CT molecular complexity index is 1010. The van der Waals surface area contributed by atoms with E-state index in [1.807, 2.05) is 13.0 Å². The number of carbonyl (C=O) groups excluding carboxylic acids is 1. The summed E-state index contributed by atoms with van der Waals surface area (Å²) in [6.07, 6.45) is 0.208. The molecule has 9 heteroatoms. The maximum absolute atomic E-state index is 13.1. The highest BCUT2D eigenvalue weighted by atomic mass is 32.2. The largest absolute Gasteiger partial charge is 0.480 e. The first-order valence-electron chi connectivity index (χ1n) is 9.59. The number of hydrogen-bond donors (Lipinski definition) is 3. The molecule has 0 unspecified atom stereocenters. The molecule has 30 heavy (non-hydrogen) atoms. The van der Waals surface area contributed by atoms with Crippen molar-refractivity contribution in [2.24, 2.45) is 5.73 Å². The number of aryl methyl sites for hydroxylation is 1. The first-order chi connectivity index (χ1) is 14.2. The third-order valence-electron chi connectivity index (χ3n) is 5.12. The van der Waals surface area contributed by atoms with Crippen molar-refractivity contribution in [3.63, 3.8) is 0 Å². The summed E-state index contributed by atoms with van der Waals surface area (Å²) in [5, 5.41) is 12.0. The minimum Gasteiger partial charge on any atom is -0.480 e. The van der Waals surface area contributed by atoms with Gasteiger partial charge in [-0.3, -0.25) is 4.79 Å². The molecule has 3 atom stereocenters. The van der Waals surface area contributed by atoms with E-state index in [1.54, 1.807) is 36.4 Å². The van der Waals surface area contributed by atoms with Crippen LogP contribution in [0.4, 0.5) is 0 Å². The summed E-state index contributed by atoms with van der Waals surface area (Å²) in [7, 11) is -3.95. The number of carboxylic acids is 1. The first kappa shape index (κ1) is 21.9. The van der Waals surface area contributed by atoms with Gasteiger partial charge in [-0.25, -0.2) is 13.2 Å². The van der Waals surface area contributed by atoms with Gasteiger partial charge < -0.3 is 16.2 Å². The van der Waals surface area contributed by atoms with E-state index in [-0.39, 0.29) is 24.3 Å². The van der Waals surface area contributed by atoms with E-state index in [4.69, 9.17) is 5.73 Å². The highest BCUT2D eigenvalue weighted by molar-refractivity contribution is 7.89. The lowest BCUT2D eigenvalue weighted by atomic mass is 10.1. The highest BCUT2D eigenvalue weighted by Gasteiger charge is 2.43. The summed E-state index contributed by atoms with van der Waals surface area (Å²) in [4.78, 5) is 24.7. The summed E-state index contributed by atoms with van der Waals surface area (Å²) in [5.74, 6) is -1.86. The molecule has 0 saturated carbocycles. The molecule has 3 rings (SSSR count). The van der Waals surface area contributed by atoms with Crippen LogP contribution in [-0.2, 0) is 26.0 Å². The second kappa shape index (κ2) is 8.95. The predicted molar refractivity (Wildman–Crippen MR) is 111 cm³/mol. The number of carbonyl (C=O) groups is 2. The van der Waals surface area contributed by atoms with Gasteiger partial charge in [0.1, 0.15) is 12.1 Å². The smallest absolute Gasteiger partial charge is 0.326 e. The number of rotatable bonds is 7. The van der Waals surface area contributed by atoms with Gasteiger partial charge in [0, 0.05) is 19.0 Å². The molecule has 4 N–H and O–H groups in total. The Balaban J connectivity index is 1.80. The summed E-state index contributed by atoms with van der Waals surface area (Å²) in [6, 6.07) is 12.5. The van der Waals surface area contributed by atoms with Crippen molar-refractivity contribution in [2.45, 2.75) is 42.8 Å². The number of aliphatic carboxylic acids is 1. The van der Waals surface area contributed by atoms with Crippen LogP contribution in [0.1, 0.15) is 17.5 Å². The number of nitrogens with two attached hydrogens (primary N) is 1. The Labute approximate surface area is 175 Å². The Morgan fingerprint density at radius 1 is 1.17 bits per heavy atom. The van der Waals surface area contributed by atoms with Crippen molar-refractivity contribution < 1.29 is 23.1 Å². The Morgan fingerprint density at radius 3 is 2.40 bits per heavy atom. The normalized spacial score (nSPS) is 20.6. The maximum atomic E-state index is 13.1. The summed E-state index contributed by atoms with van der Waals surface area (Å²) >= 11 is 0. The molecule has 2 aromatic carbocycles. The van der Waals surface area contributed by atoms with Crippen LogP contribution in [0.3, 0.4) is 0 Å². The molecule has 2 aromatic rings. The van der Waals surface area contributed by atoms with Crippen LogP contribution >= 0.6 is 0 Å². The summed E-state index contributed by atoms with van der Waals surface area (Å²) < 4.78 is 27.3. The monoisotopic (exact) mass is 431 g/mol. The zero-order chi connectivity index (χ0) is 21.9. The van der Waals surface area contributed by atoms with E-state index in [1.165, 1.54) is 12.1 Å².